The molecule has 1 aromatic heterocycles. The maximum absolute atomic E-state index is 12.4. The Balaban J connectivity index is 1.29. The summed E-state index contributed by atoms with van der Waals surface area (Å²) in [5, 5.41) is 15.4. The summed E-state index contributed by atoms with van der Waals surface area (Å²) in [6.07, 6.45) is 2.05. The van der Waals surface area contributed by atoms with Gasteiger partial charge in [-0.2, -0.15) is 5.10 Å². The Labute approximate surface area is 173 Å². The van der Waals surface area contributed by atoms with Crippen molar-refractivity contribution in [3.8, 4) is 17.1 Å². The Hall–Kier alpha value is -3.88. The number of carbonyl (C=O) groups excluding carboxylic acids is 2. The highest BCUT2D eigenvalue weighted by Crippen LogP contribution is 2.20. The van der Waals surface area contributed by atoms with Crippen molar-refractivity contribution in [3.05, 3.63) is 59.9 Å². The van der Waals surface area contributed by atoms with Gasteiger partial charge in [0.25, 0.3) is 5.91 Å². The van der Waals surface area contributed by atoms with E-state index < -0.39 is 0 Å². The summed E-state index contributed by atoms with van der Waals surface area (Å²) < 4.78 is 5.14. The molecule has 0 atom stereocenters. The Morgan fingerprint density at radius 2 is 1.83 bits per heavy atom. The number of hydrogen-bond acceptors (Lipinski definition) is 5. The predicted octanol–water partition coefficient (Wildman–Crippen LogP) is 2.69. The van der Waals surface area contributed by atoms with E-state index in [1.165, 1.54) is 0 Å². The van der Waals surface area contributed by atoms with Crippen molar-refractivity contribution in [2.24, 2.45) is 0 Å². The van der Waals surface area contributed by atoms with Crippen LogP contribution in [0.5, 0.6) is 5.75 Å². The molecule has 0 bridgehead atoms. The lowest BCUT2D eigenvalue weighted by Gasteiger charge is -2.07. The van der Waals surface area contributed by atoms with Crippen LogP contribution >= 0.6 is 0 Å². The number of nitrogens with zero attached hydrogens (tertiary/aromatic N) is 2. The highest BCUT2D eigenvalue weighted by Gasteiger charge is 2.23. The molecule has 1 heterocycles. The Morgan fingerprint density at radius 3 is 2.50 bits per heavy atom. The van der Waals surface area contributed by atoms with Crippen molar-refractivity contribution in [3.63, 3.8) is 0 Å². The smallest absolute Gasteiger partial charge is 0.319 e. The first-order valence-corrected chi connectivity index (χ1v) is 9.62. The summed E-state index contributed by atoms with van der Waals surface area (Å²) in [5.74, 6) is 1.60. The lowest BCUT2D eigenvalue weighted by Crippen LogP contribution is -2.30. The third kappa shape index (κ3) is 4.93. The van der Waals surface area contributed by atoms with E-state index in [4.69, 9.17) is 4.74 Å². The molecule has 3 amide bonds. The normalized spacial score (nSPS) is 12.8. The molecule has 1 aliphatic carbocycles. The lowest BCUT2D eigenvalue weighted by molar-refractivity contribution is 0.0950. The molecule has 1 fully saturated rings. The average Bonchev–Trinajstić information content (AvgIpc) is 3.45. The molecule has 4 N–H and O–H groups in total. The fourth-order valence-corrected chi connectivity index (χ4v) is 2.79. The molecule has 1 aliphatic rings. The van der Waals surface area contributed by atoms with Crippen LogP contribution in [0.15, 0.2) is 48.5 Å². The standard InChI is InChI=1S/C21H22N6O3/c1-30-17-10-4-13(5-11-17)19-25-18(26-27-19)12-22-20(28)14-2-6-15(7-3-14)23-21(29)24-16-8-9-16/h2-7,10-11,16H,8-9,12H2,1H3,(H,22,28)(H2,23,24,29)(H,25,26,27). The lowest BCUT2D eigenvalue weighted by atomic mass is 10.2. The van der Waals surface area contributed by atoms with Crippen molar-refractivity contribution in [1.82, 2.24) is 25.8 Å². The number of urea groups is 1. The second-order valence-corrected chi connectivity index (χ2v) is 6.97. The quantitative estimate of drug-likeness (QED) is 0.481. The number of H-pyrrole nitrogens is 1. The van der Waals surface area contributed by atoms with Crippen LogP contribution in [0.1, 0.15) is 29.0 Å². The van der Waals surface area contributed by atoms with E-state index in [1.54, 1.807) is 31.4 Å². The summed E-state index contributed by atoms with van der Waals surface area (Å²) in [5.41, 5.74) is 1.96. The molecule has 0 aliphatic heterocycles. The van der Waals surface area contributed by atoms with E-state index in [0.29, 0.717) is 22.9 Å². The van der Waals surface area contributed by atoms with Crippen molar-refractivity contribution >= 4 is 17.6 Å². The molecule has 30 heavy (non-hydrogen) atoms. The summed E-state index contributed by atoms with van der Waals surface area (Å²) in [4.78, 5) is 28.5. The molecule has 0 saturated heterocycles. The van der Waals surface area contributed by atoms with E-state index in [-0.39, 0.29) is 24.5 Å². The fraction of sp³-hybridized carbons (Fsp3) is 0.238. The highest BCUT2D eigenvalue weighted by atomic mass is 16.5. The van der Waals surface area contributed by atoms with E-state index in [1.807, 2.05) is 24.3 Å². The van der Waals surface area contributed by atoms with Gasteiger partial charge in [-0.25, -0.2) is 9.78 Å². The average molecular weight is 406 g/mol. The van der Waals surface area contributed by atoms with Gasteiger partial charge in [-0.15, -0.1) is 0 Å². The number of methoxy groups -OCH3 is 1. The zero-order chi connectivity index (χ0) is 20.9. The molecule has 9 heteroatoms. The maximum atomic E-state index is 12.4. The molecular weight excluding hydrogens is 384 g/mol. The number of rotatable bonds is 7. The first kappa shape index (κ1) is 19.4. The van der Waals surface area contributed by atoms with Crippen molar-refractivity contribution in [1.29, 1.82) is 0 Å². The van der Waals surface area contributed by atoms with Crippen LogP contribution in [0.4, 0.5) is 10.5 Å². The second-order valence-electron chi connectivity index (χ2n) is 6.97. The Kier molecular flexibility index (Phi) is 5.60. The molecular formula is C21H22N6O3. The zero-order valence-electron chi connectivity index (χ0n) is 16.4. The highest BCUT2D eigenvalue weighted by molar-refractivity contribution is 5.95. The van der Waals surface area contributed by atoms with Gasteiger partial charge in [-0.3, -0.25) is 9.89 Å². The minimum Gasteiger partial charge on any atom is -0.497 e. The van der Waals surface area contributed by atoms with Crippen LogP contribution in [0.3, 0.4) is 0 Å². The van der Waals surface area contributed by atoms with Gasteiger partial charge in [-0.1, -0.05) is 0 Å². The fourth-order valence-electron chi connectivity index (χ4n) is 2.79. The zero-order valence-corrected chi connectivity index (χ0v) is 16.4. The van der Waals surface area contributed by atoms with Crippen LogP contribution < -0.4 is 20.7 Å². The molecule has 0 radical (unpaired) electrons. The molecule has 0 unspecified atom stereocenters. The van der Waals surface area contributed by atoms with Crippen LogP contribution in [-0.2, 0) is 6.54 Å². The SMILES string of the molecule is COc1ccc(-c2n[nH]c(CNC(=O)c3ccc(NC(=O)NC4CC4)cc3)n2)cc1. The molecule has 3 aromatic rings. The number of amides is 3. The van der Waals surface area contributed by atoms with Gasteiger partial charge >= 0.3 is 6.03 Å². The first-order chi connectivity index (χ1) is 14.6. The summed E-state index contributed by atoms with van der Waals surface area (Å²) in [6, 6.07) is 14.2. The third-order valence-corrected chi connectivity index (χ3v) is 4.61. The van der Waals surface area contributed by atoms with Crippen LogP contribution in [-0.4, -0.2) is 40.3 Å². The number of ether oxygens (including phenoxy) is 1. The Bertz CT molecular complexity index is 1030. The molecule has 9 nitrogen and oxygen atoms in total. The number of hydrogen-bond donors (Lipinski definition) is 4. The number of anilines is 1. The summed E-state index contributed by atoms with van der Waals surface area (Å²) in [7, 11) is 1.61. The molecule has 2 aromatic carbocycles. The number of benzene rings is 2. The number of aromatic nitrogens is 3. The van der Waals surface area contributed by atoms with Crippen LogP contribution in [0.25, 0.3) is 11.4 Å². The summed E-state index contributed by atoms with van der Waals surface area (Å²) in [6.45, 7) is 0.214. The second kappa shape index (κ2) is 8.64. The van der Waals surface area contributed by atoms with Gasteiger partial charge in [-0.05, 0) is 61.4 Å². The van der Waals surface area contributed by atoms with Gasteiger partial charge in [0.15, 0.2) is 5.82 Å². The predicted molar refractivity (Wildman–Crippen MR) is 111 cm³/mol. The maximum Gasteiger partial charge on any atom is 0.319 e. The van der Waals surface area contributed by atoms with Gasteiger partial charge in [0, 0.05) is 22.9 Å². The number of carbonyl (C=O) groups is 2. The summed E-state index contributed by atoms with van der Waals surface area (Å²) >= 11 is 0. The minimum atomic E-state index is -0.244. The van der Waals surface area contributed by atoms with Crippen LogP contribution in [0, 0.1) is 0 Å². The van der Waals surface area contributed by atoms with E-state index in [2.05, 4.69) is 31.1 Å². The minimum absolute atomic E-state index is 0.214. The topological polar surface area (TPSA) is 121 Å². The number of nitrogens with one attached hydrogen (secondary N) is 4. The van der Waals surface area contributed by atoms with Gasteiger partial charge < -0.3 is 20.7 Å². The monoisotopic (exact) mass is 406 g/mol. The van der Waals surface area contributed by atoms with Gasteiger partial charge in [0.2, 0.25) is 0 Å². The third-order valence-electron chi connectivity index (χ3n) is 4.61. The van der Waals surface area contributed by atoms with E-state index in [9.17, 15) is 9.59 Å². The number of aromatic amines is 1. The van der Waals surface area contributed by atoms with Gasteiger partial charge in [0.1, 0.15) is 11.6 Å². The van der Waals surface area contributed by atoms with Crippen molar-refractivity contribution < 1.29 is 14.3 Å². The largest absolute Gasteiger partial charge is 0.497 e. The van der Waals surface area contributed by atoms with E-state index >= 15 is 0 Å². The molecule has 4 rings (SSSR count). The first-order valence-electron chi connectivity index (χ1n) is 9.62. The molecule has 0 spiro atoms. The van der Waals surface area contributed by atoms with Crippen LogP contribution in [0.2, 0.25) is 0 Å². The van der Waals surface area contributed by atoms with E-state index in [0.717, 1.165) is 24.2 Å². The Morgan fingerprint density at radius 1 is 1.10 bits per heavy atom. The van der Waals surface area contributed by atoms with Gasteiger partial charge in [0.05, 0.1) is 13.7 Å². The molecule has 154 valence electrons. The van der Waals surface area contributed by atoms with Crippen molar-refractivity contribution in [2.45, 2.75) is 25.4 Å². The molecule has 1 saturated carbocycles. The van der Waals surface area contributed by atoms with Crippen molar-refractivity contribution in [2.75, 3.05) is 12.4 Å².